The summed E-state index contributed by atoms with van der Waals surface area (Å²) in [6, 6.07) is 8.67. The van der Waals surface area contributed by atoms with Gasteiger partial charge in [-0.3, -0.25) is 4.79 Å². The van der Waals surface area contributed by atoms with Crippen LogP contribution in [0.4, 0.5) is 5.69 Å². The van der Waals surface area contributed by atoms with E-state index in [1.54, 1.807) is 52.7 Å². The molecule has 2 aromatic carbocycles. The third-order valence-corrected chi connectivity index (χ3v) is 4.37. The van der Waals surface area contributed by atoms with E-state index >= 15 is 0 Å². The minimum atomic E-state index is -0.0898. The van der Waals surface area contributed by atoms with Crippen LogP contribution in [0.25, 0.3) is 6.08 Å². The van der Waals surface area contributed by atoms with Crippen LogP contribution < -0.4 is 24.7 Å². The Kier molecular flexibility index (Phi) is 7.32. The van der Waals surface area contributed by atoms with E-state index in [-0.39, 0.29) is 5.78 Å². The molecule has 0 saturated heterocycles. The SMILES string of the molecule is CCC/C(=C\c1ccc(OC)c(OC)c1OC)C(=O)c1ccc(OC)c(N)c1. The van der Waals surface area contributed by atoms with Crippen molar-refractivity contribution in [2.75, 3.05) is 34.2 Å². The predicted molar refractivity (Wildman–Crippen MR) is 111 cm³/mol. The van der Waals surface area contributed by atoms with Gasteiger partial charge in [0, 0.05) is 16.7 Å². The second kappa shape index (κ2) is 9.69. The van der Waals surface area contributed by atoms with Crippen molar-refractivity contribution in [1.29, 1.82) is 0 Å². The summed E-state index contributed by atoms with van der Waals surface area (Å²) in [5.41, 5.74) is 8.29. The first-order chi connectivity index (χ1) is 13.5. The molecule has 0 atom stereocenters. The minimum absolute atomic E-state index is 0.0898. The van der Waals surface area contributed by atoms with Crippen molar-refractivity contribution in [2.45, 2.75) is 19.8 Å². The van der Waals surface area contributed by atoms with Gasteiger partial charge in [0.15, 0.2) is 17.3 Å². The van der Waals surface area contributed by atoms with Crippen LogP contribution in [0.1, 0.15) is 35.7 Å². The Balaban J connectivity index is 2.52. The van der Waals surface area contributed by atoms with E-state index in [9.17, 15) is 4.79 Å². The van der Waals surface area contributed by atoms with Crippen molar-refractivity contribution in [3.05, 3.63) is 47.0 Å². The van der Waals surface area contributed by atoms with Crippen molar-refractivity contribution in [2.24, 2.45) is 0 Å². The number of rotatable bonds is 9. The number of Topliss-reactive ketones (excluding diaryl/α,β-unsaturated/α-hetero) is 1. The average molecular weight is 385 g/mol. The summed E-state index contributed by atoms with van der Waals surface area (Å²) < 4.78 is 21.4. The largest absolute Gasteiger partial charge is 0.495 e. The summed E-state index contributed by atoms with van der Waals surface area (Å²) in [6.07, 6.45) is 3.26. The molecule has 0 spiro atoms. The Morgan fingerprint density at radius 2 is 1.57 bits per heavy atom. The number of nitrogen functional groups attached to an aromatic ring is 1. The van der Waals surface area contributed by atoms with Gasteiger partial charge >= 0.3 is 0 Å². The maximum atomic E-state index is 13.1. The van der Waals surface area contributed by atoms with E-state index in [1.807, 2.05) is 19.1 Å². The quantitative estimate of drug-likeness (QED) is 0.392. The molecule has 0 saturated carbocycles. The zero-order valence-electron chi connectivity index (χ0n) is 17.0. The Hall–Kier alpha value is -3.15. The molecular formula is C22H27NO5. The van der Waals surface area contributed by atoms with E-state index in [0.717, 1.165) is 12.0 Å². The maximum absolute atomic E-state index is 13.1. The fraction of sp³-hybridized carbons (Fsp3) is 0.318. The van der Waals surface area contributed by atoms with Crippen molar-refractivity contribution in [3.8, 4) is 23.0 Å². The lowest BCUT2D eigenvalue weighted by molar-refractivity contribution is 0.103. The van der Waals surface area contributed by atoms with Gasteiger partial charge in [-0.05, 0) is 42.8 Å². The molecule has 2 aromatic rings. The Bertz CT molecular complexity index is 873. The molecule has 150 valence electrons. The van der Waals surface area contributed by atoms with Crippen LogP contribution in [-0.2, 0) is 0 Å². The predicted octanol–water partition coefficient (Wildman–Crippen LogP) is 4.37. The second-order valence-electron chi connectivity index (χ2n) is 6.13. The van der Waals surface area contributed by atoms with E-state index < -0.39 is 0 Å². The minimum Gasteiger partial charge on any atom is -0.495 e. The number of carbonyl (C=O) groups is 1. The molecule has 0 fully saturated rings. The Morgan fingerprint density at radius 3 is 2.11 bits per heavy atom. The zero-order valence-corrected chi connectivity index (χ0v) is 17.0. The first-order valence-electron chi connectivity index (χ1n) is 8.98. The number of nitrogens with two attached hydrogens (primary N) is 1. The molecule has 6 nitrogen and oxygen atoms in total. The summed E-state index contributed by atoms with van der Waals surface area (Å²) in [5.74, 6) is 2.00. The highest BCUT2D eigenvalue weighted by Crippen LogP contribution is 2.41. The summed E-state index contributed by atoms with van der Waals surface area (Å²) in [6.45, 7) is 2.02. The maximum Gasteiger partial charge on any atom is 0.203 e. The number of allylic oxidation sites excluding steroid dienone is 1. The molecule has 0 heterocycles. The molecule has 0 unspecified atom stereocenters. The van der Waals surface area contributed by atoms with Crippen LogP contribution in [0.3, 0.4) is 0 Å². The van der Waals surface area contributed by atoms with E-state index in [2.05, 4.69) is 0 Å². The first kappa shape index (κ1) is 21.2. The van der Waals surface area contributed by atoms with Crippen LogP contribution in [0.5, 0.6) is 23.0 Å². The normalized spacial score (nSPS) is 11.1. The molecule has 0 aromatic heterocycles. The highest BCUT2D eigenvalue weighted by Gasteiger charge is 2.18. The highest BCUT2D eigenvalue weighted by molar-refractivity contribution is 6.12. The fourth-order valence-electron chi connectivity index (χ4n) is 3.01. The topological polar surface area (TPSA) is 80.0 Å². The molecule has 6 heteroatoms. The first-order valence-corrected chi connectivity index (χ1v) is 8.98. The standard InChI is InChI=1S/C22H27NO5/c1-6-7-14(20(24)15-8-10-18(25-2)17(23)13-15)12-16-9-11-19(26-3)22(28-5)21(16)27-4/h8-13H,6-7,23H2,1-5H3/b14-12+. The van der Waals surface area contributed by atoms with Gasteiger partial charge < -0.3 is 24.7 Å². The molecule has 0 bridgehead atoms. The third-order valence-electron chi connectivity index (χ3n) is 4.37. The van der Waals surface area contributed by atoms with Crippen LogP contribution in [0.15, 0.2) is 35.9 Å². The lowest BCUT2D eigenvalue weighted by Crippen LogP contribution is -2.05. The number of anilines is 1. The van der Waals surface area contributed by atoms with Gasteiger partial charge in [-0.25, -0.2) is 0 Å². The van der Waals surface area contributed by atoms with Gasteiger partial charge in [0.2, 0.25) is 5.75 Å². The van der Waals surface area contributed by atoms with Crippen LogP contribution in [-0.4, -0.2) is 34.2 Å². The van der Waals surface area contributed by atoms with E-state index in [1.165, 1.54) is 0 Å². The molecule has 0 aliphatic rings. The summed E-state index contributed by atoms with van der Waals surface area (Å²) in [4.78, 5) is 13.1. The average Bonchev–Trinajstić information content (AvgIpc) is 2.72. The number of methoxy groups -OCH3 is 4. The van der Waals surface area contributed by atoms with Crippen molar-refractivity contribution in [3.63, 3.8) is 0 Å². The molecule has 2 N–H and O–H groups in total. The summed E-state index contributed by atoms with van der Waals surface area (Å²) >= 11 is 0. The van der Waals surface area contributed by atoms with Crippen molar-refractivity contribution in [1.82, 2.24) is 0 Å². The lowest BCUT2D eigenvalue weighted by atomic mass is 9.96. The van der Waals surface area contributed by atoms with Gasteiger partial charge in [-0.2, -0.15) is 0 Å². The molecule has 0 aliphatic heterocycles. The van der Waals surface area contributed by atoms with Crippen LogP contribution in [0.2, 0.25) is 0 Å². The van der Waals surface area contributed by atoms with Crippen LogP contribution >= 0.6 is 0 Å². The van der Waals surface area contributed by atoms with Gasteiger partial charge in [0.1, 0.15) is 5.75 Å². The number of benzene rings is 2. The Morgan fingerprint density at radius 1 is 0.929 bits per heavy atom. The van der Waals surface area contributed by atoms with Gasteiger partial charge in [-0.1, -0.05) is 13.3 Å². The zero-order chi connectivity index (χ0) is 20.7. The van der Waals surface area contributed by atoms with Gasteiger partial charge in [0.05, 0.1) is 34.1 Å². The summed E-state index contributed by atoms with van der Waals surface area (Å²) in [5, 5.41) is 0. The third kappa shape index (κ3) is 4.39. The number of carbonyl (C=O) groups excluding carboxylic acids is 1. The molecule has 28 heavy (non-hydrogen) atoms. The monoisotopic (exact) mass is 385 g/mol. The van der Waals surface area contributed by atoms with Crippen molar-refractivity contribution < 1.29 is 23.7 Å². The smallest absolute Gasteiger partial charge is 0.203 e. The molecule has 0 radical (unpaired) electrons. The molecule has 0 aliphatic carbocycles. The number of hydrogen-bond donors (Lipinski definition) is 1. The fourth-order valence-corrected chi connectivity index (χ4v) is 3.01. The number of ether oxygens (including phenoxy) is 4. The lowest BCUT2D eigenvalue weighted by Gasteiger charge is -2.15. The molecule has 2 rings (SSSR count). The van der Waals surface area contributed by atoms with Crippen LogP contribution in [0, 0.1) is 0 Å². The number of ketones is 1. The summed E-state index contributed by atoms with van der Waals surface area (Å²) in [7, 11) is 6.21. The van der Waals surface area contributed by atoms with E-state index in [0.29, 0.717) is 46.2 Å². The molecular weight excluding hydrogens is 358 g/mol. The Labute approximate surface area is 165 Å². The molecule has 0 amide bonds. The van der Waals surface area contributed by atoms with Crippen molar-refractivity contribution >= 4 is 17.5 Å². The van der Waals surface area contributed by atoms with Gasteiger partial charge in [0.25, 0.3) is 0 Å². The highest BCUT2D eigenvalue weighted by atomic mass is 16.5. The number of hydrogen-bond acceptors (Lipinski definition) is 6. The van der Waals surface area contributed by atoms with Gasteiger partial charge in [-0.15, -0.1) is 0 Å². The van der Waals surface area contributed by atoms with E-state index in [4.69, 9.17) is 24.7 Å². The second-order valence-corrected chi connectivity index (χ2v) is 6.13.